The van der Waals surface area contributed by atoms with Crippen molar-refractivity contribution in [3.8, 4) is 0 Å². The second-order valence-corrected chi connectivity index (χ2v) is 9.69. The third-order valence-electron chi connectivity index (χ3n) is 4.23. The zero-order valence-corrected chi connectivity index (χ0v) is 13.4. The van der Waals surface area contributed by atoms with E-state index >= 15 is 0 Å². The first-order chi connectivity index (χ1) is 8.72. The molecule has 1 aliphatic carbocycles. The van der Waals surface area contributed by atoms with Gasteiger partial charge in [0, 0.05) is 25.1 Å². The summed E-state index contributed by atoms with van der Waals surface area (Å²) in [6.07, 6.45) is 5.68. The molecule has 0 aromatic heterocycles. The molecular weight excluding hydrogens is 262 g/mol. The van der Waals surface area contributed by atoms with Gasteiger partial charge in [0.25, 0.3) is 0 Å². The zero-order chi connectivity index (χ0) is 14.6. The van der Waals surface area contributed by atoms with Gasteiger partial charge in [-0.3, -0.25) is 0 Å². The quantitative estimate of drug-likeness (QED) is 0.732. The Morgan fingerprint density at radius 1 is 1.16 bits per heavy atom. The summed E-state index contributed by atoms with van der Waals surface area (Å²) in [7, 11) is -3.05. The number of sulfone groups is 1. The summed E-state index contributed by atoms with van der Waals surface area (Å²) < 4.78 is 23.2. The van der Waals surface area contributed by atoms with Gasteiger partial charge in [0.05, 0.1) is 10.5 Å². The van der Waals surface area contributed by atoms with Crippen LogP contribution >= 0.6 is 0 Å². The van der Waals surface area contributed by atoms with Gasteiger partial charge < -0.3 is 10.4 Å². The van der Waals surface area contributed by atoms with Crippen LogP contribution in [0.5, 0.6) is 0 Å². The fraction of sp³-hybridized carbons (Fsp3) is 1.00. The molecule has 1 aliphatic rings. The average molecular weight is 291 g/mol. The summed E-state index contributed by atoms with van der Waals surface area (Å²) in [5.41, 5.74) is -0.0241. The smallest absolute Gasteiger partial charge is 0.156 e. The molecule has 2 N–H and O–H groups in total. The van der Waals surface area contributed by atoms with Crippen LogP contribution in [0.15, 0.2) is 0 Å². The summed E-state index contributed by atoms with van der Waals surface area (Å²) in [6, 6.07) is 0. The molecule has 0 amide bonds. The molecular formula is C14H29NO3S. The first-order valence-electron chi connectivity index (χ1n) is 7.26. The summed E-state index contributed by atoms with van der Waals surface area (Å²) in [6.45, 7) is 6.60. The first-order valence-corrected chi connectivity index (χ1v) is 8.92. The van der Waals surface area contributed by atoms with Crippen molar-refractivity contribution in [3.63, 3.8) is 0 Å². The lowest BCUT2D eigenvalue weighted by atomic mass is 9.74. The van der Waals surface area contributed by atoms with Gasteiger partial charge in [0.15, 0.2) is 9.84 Å². The Balaban J connectivity index is 2.38. The predicted molar refractivity (Wildman–Crippen MR) is 79.0 cm³/mol. The molecule has 0 heterocycles. The Labute approximate surface area is 117 Å². The zero-order valence-electron chi connectivity index (χ0n) is 12.5. The molecule has 0 atom stereocenters. The van der Waals surface area contributed by atoms with Gasteiger partial charge in [-0.2, -0.15) is 0 Å². The maximum Gasteiger partial charge on any atom is 0.156 e. The summed E-state index contributed by atoms with van der Waals surface area (Å²) in [5, 5.41) is 12.8. The van der Waals surface area contributed by atoms with E-state index < -0.39 is 14.6 Å². The Morgan fingerprint density at radius 2 is 1.74 bits per heavy atom. The maximum absolute atomic E-state index is 12.0. The fourth-order valence-electron chi connectivity index (χ4n) is 2.56. The van der Waals surface area contributed by atoms with Crippen molar-refractivity contribution < 1.29 is 13.5 Å². The molecule has 0 saturated heterocycles. The molecule has 0 aromatic rings. The second kappa shape index (κ2) is 6.55. The molecule has 0 aliphatic heterocycles. The van der Waals surface area contributed by atoms with Crippen LogP contribution in [-0.2, 0) is 9.84 Å². The highest BCUT2D eigenvalue weighted by molar-refractivity contribution is 7.92. The molecule has 1 rings (SSSR count). The van der Waals surface area contributed by atoms with Crippen molar-refractivity contribution in [1.82, 2.24) is 5.32 Å². The van der Waals surface area contributed by atoms with E-state index in [4.69, 9.17) is 0 Å². The van der Waals surface area contributed by atoms with Crippen molar-refractivity contribution in [1.29, 1.82) is 0 Å². The van der Waals surface area contributed by atoms with Crippen LogP contribution in [0.1, 0.15) is 52.9 Å². The number of aliphatic hydroxyl groups is 1. The topological polar surface area (TPSA) is 66.4 Å². The highest BCUT2D eigenvalue weighted by Gasteiger charge is 2.32. The SMILES string of the molecule is CC(C)(C)S(=O)(=O)CCNCC1(CO)CCCCC1. The van der Waals surface area contributed by atoms with Crippen LogP contribution in [0.3, 0.4) is 0 Å². The van der Waals surface area contributed by atoms with Crippen molar-refractivity contribution in [2.75, 3.05) is 25.4 Å². The van der Waals surface area contributed by atoms with E-state index in [0.29, 0.717) is 6.54 Å². The lowest BCUT2D eigenvalue weighted by Crippen LogP contribution is -2.42. The minimum atomic E-state index is -3.05. The predicted octanol–water partition coefficient (Wildman–Crippen LogP) is 1.73. The van der Waals surface area contributed by atoms with Crippen molar-refractivity contribution in [2.24, 2.45) is 5.41 Å². The van der Waals surface area contributed by atoms with Crippen LogP contribution in [0.2, 0.25) is 0 Å². The number of rotatable bonds is 6. The lowest BCUT2D eigenvalue weighted by Gasteiger charge is -2.36. The number of hydrogen-bond acceptors (Lipinski definition) is 4. The minimum absolute atomic E-state index is 0.0241. The molecule has 0 unspecified atom stereocenters. The minimum Gasteiger partial charge on any atom is -0.396 e. The average Bonchev–Trinajstić information content (AvgIpc) is 2.34. The van der Waals surface area contributed by atoms with E-state index in [1.807, 2.05) is 0 Å². The van der Waals surface area contributed by atoms with Crippen molar-refractivity contribution >= 4 is 9.84 Å². The maximum atomic E-state index is 12.0. The molecule has 0 aromatic carbocycles. The van der Waals surface area contributed by atoms with Gasteiger partial charge in [0.1, 0.15) is 0 Å². The summed E-state index contributed by atoms with van der Waals surface area (Å²) in [5.74, 6) is 0.165. The number of nitrogens with one attached hydrogen (secondary N) is 1. The van der Waals surface area contributed by atoms with E-state index in [1.165, 1.54) is 19.3 Å². The van der Waals surface area contributed by atoms with E-state index in [9.17, 15) is 13.5 Å². The van der Waals surface area contributed by atoms with Crippen molar-refractivity contribution in [3.05, 3.63) is 0 Å². The molecule has 5 heteroatoms. The highest BCUT2D eigenvalue weighted by atomic mass is 32.2. The third-order valence-corrected chi connectivity index (χ3v) is 6.84. The highest BCUT2D eigenvalue weighted by Crippen LogP contribution is 2.35. The molecule has 1 fully saturated rings. The van der Waals surface area contributed by atoms with Gasteiger partial charge >= 0.3 is 0 Å². The molecule has 114 valence electrons. The Hall–Kier alpha value is -0.130. The standard InChI is InChI=1S/C14H29NO3S/c1-13(2,3)19(17,18)10-9-15-11-14(12-16)7-5-4-6-8-14/h15-16H,4-12H2,1-3H3. The summed E-state index contributed by atoms with van der Waals surface area (Å²) >= 11 is 0. The van der Waals surface area contributed by atoms with Crippen LogP contribution in [0, 0.1) is 5.41 Å². The van der Waals surface area contributed by atoms with Gasteiger partial charge in [0.2, 0.25) is 0 Å². The van der Waals surface area contributed by atoms with Gasteiger partial charge in [-0.15, -0.1) is 0 Å². The Kier molecular flexibility index (Phi) is 5.83. The van der Waals surface area contributed by atoms with Crippen molar-refractivity contribution in [2.45, 2.75) is 57.6 Å². The van der Waals surface area contributed by atoms with Crippen LogP contribution in [-0.4, -0.2) is 43.7 Å². The lowest BCUT2D eigenvalue weighted by molar-refractivity contribution is 0.0820. The Morgan fingerprint density at radius 3 is 2.21 bits per heavy atom. The Bertz CT molecular complexity index is 365. The van der Waals surface area contributed by atoms with E-state index in [2.05, 4.69) is 5.32 Å². The molecule has 0 bridgehead atoms. The van der Waals surface area contributed by atoms with Gasteiger partial charge in [-0.05, 0) is 33.6 Å². The second-order valence-electron chi connectivity index (χ2n) is 6.83. The third kappa shape index (κ3) is 4.72. The fourth-order valence-corrected chi connectivity index (χ4v) is 3.58. The molecule has 0 radical (unpaired) electrons. The van der Waals surface area contributed by atoms with Crippen LogP contribution in [0.25, 0.3) is 0 Å². The molecule has 1 saturated carbocycles. The summed E-state index contributed by atoms with van der Waals surface area (Å²) in [4.78, 5) is 0. The van der Waals surface area contributed by atoms with Crippen LogP contribution < -0.4 is 5.32 Å². The largest absolute Gasteiger partial charge is 0.396 e. The number of hydrogen-bond donors (Lipinski definition) is 2. The van der Waals surface area contributed by atoms with E-state index in [-0.39, 0.29) is 17.8 Å². The van der Waals surface area contributed by atoms with Gasteiger partial charge in [-0.1, -0.05) is 19.3 Å². The van der Waals surface area contributed by atoms with Crippen LogP contribution in [0.4, 0.5) is 0 Å². The van der Waals surface area contributed by atoms with E-state index in [1.54, 1.807) is 20.8 Å². The molecule has 0 spiro atoms. The molecule has 19 heavy (non-hydrogen) atoms. The monoisotopic (exact) mass is 291 g/mol. The molecule has 4 nitrogen and oxygen atoms in total. The first kappa shape index (κ1) is 16.9. The van der Waals surface area contributed by atoms with Gasteiger partial charge in [-0.25, -0.2) is 8.42 Å². The normalized spacial score (nSPS) is 20.4. The van der Waals surface area contributed by atoms with E-state index in [0.717, 1.165) is 19.4 Å². The number of aliphatic hydroxyl groups excluding tert-OH is 1.